The number of carbonyl (C=O) groups excluding carboxylic acids is 1. The van der Waals surface area contributed by atoms with Gasteiger partial charge in [0.2, 0.25) is 0 Å². The second kappa shape index (κ2) is 8.17. The van der Waals surface area contributed by atoms with E-state index in [4.69, 9.17) is 9.47 Å². The van der Waals surface area contributed by atoms with Crippen LogP contribution in [0, 0.1) is 0 Å². The van der Waals surface area contributed by atoms with Crippen LogP contribution in [0.25, 0.3) is 6.08 Å². The second-order valence-corrected chi connectivity index (χ2v) is 4.97. The van der Waals surface area contributed by atoms with Crippen LogP contribution in [0.2, 0.25) is 0 Å². The highest BCUT2D eigenvalue weighted by atomic mass is 16.5. The van der Waals surface area contributed by atoms with Gasteiger partial charge in [0.1, 0.15) is 11.3 Å². The molecule has 122 valence electrons. The molecule has 0 bridgehead atoms. The molecule has 2 aromatic rings. The number of hydrogen-bond donors (Lipinski definition) is 0. The molecule has 23 heavy (non-hydrogen) atoms. The minimum atomic E-state index is -0.359. The van der Waals surface area contributed by atoms with E-state index in [1.54, 1.807) is 23.9 Å². The smallest absolute Gasteiger partial charge is 0.342 e. The summed E-state index contributed by atoms with van der Waals surface area (Å²) in [6.07, 6.45) is 3.86. The molecule has 2 rings (SSSR count). The van der Waals surface area contributed by atoms with Crippen molar-refractivity contribution in [1.29, 1.82) is 0 Å². The van der Waals surface area contributed by atoms with Crippen LogP contribution < -0.4 is 0 Å². The van der Waals surface area contributed by atoms with Crippen molar-refractivity contribution in [2.45, 2.75) is 20.3 Å². The van der Waals surface area contributed by atoms with E-state index >= 15 is 0 Å². The molecule has 0 aliphatic heterocycles. The van der Waals surface area contributed by atoms with Gasteiger partial charge in [-0.05, 0) is 19.4 Å². The van der Waals surface area contributed by atoms with Crippen molar-refractivity contribution in [3.8, 4) is 0 Å². The molecule has 0 N–H and O–H groups in total. The second-order valence-electron chi connectivity index (χ2n) is 4.97. The molecule has 1 aromatic heterocycles. The third-order valence-corrected chi connectivity index (χ3v) is 3.38. The Morgan fingerprint density at radius 3 is 2.61 bits per heavy atom. The van der Waals surface area contributed by atoms with Crippen molar-refractivity contribution in [3.05, 3.63) is 59.1 Å². The molecule has 1 aromatic carbocycles. The van der Waals surface area contributed by atoms with E-state index in [0.29, 0.717) is 30.9 Å². The average Bonchev–Trinajstić information content (AvgIpc) is 2.85. The number of benzene rings is 1. The quantitative estimate of drug-likeness (QED) is 0.582. The Bertz CT molecular complexity index is 675. The van der Waals surface area contributed by atoms with Gasteiger partial charge in [-0.25, -0.2) is 4.79 Å². The van der Waals surface area contributed by atoms with Gasteiger partial charge in [-0.2, -0.15) is 5.10 Å². The van der Waals surface area contributed by atoms with Gasteiger partial charge in [0.05, 0.1) is 25.2 Å². The fourth-order valence-corrected chi connectivity index (χ4v) is 2.32. The van der Waals surface area contributed by atoms with Crippen molar-refractivity contribution in [3.63, 3.8) is 0 Å². The summed E-state index contributed by atoms with van der Waals surface area (Å²) in [5, 5.41) is 4.43. The predicted octanol–water partition coefficient (Wildman–Crippen LogP) is 3.19. The largest absolute Gasteiger partial charge is 0.501 e. The van der Waals surface area contributed by atoms with Crippen molar-refractivity contribution in [2.24, 2.45) is 7.05 Å². The maximum atomic E-state index is 12.4. The number of rotatable bonds is 7. The number of carbonyl (C=O) groups is 1. The molecule has 0 spiro atoms. The lowest BCUT2D eigenvalue weighted by molar-refractivity contribution is 0.0525. The van der Waals surface area contributed by atoms with Crippen LogP contribution in [0.15, 0.2) is 36.6 Å². The summed E-state index contributed by atoms with van der Waals surface area (Å²) in [6, 6.07) is 9.97. The Morgan fingerprint density at radius 2 is 1.96 bits per heavy atom. The zero-order valence-electron chi connectivity index (χ0n) is 13.8. The third-order valence-electron chi connectivity index (χ3n) is 3.38. The molecule has 5 heteroatoms. The molecule has 0 saturated heterocycles. The van der Waals surface area contributed by atoms with Gasteiger partial charge >= 0.3 is 5.97 Å². The van der Waals surface area contributed by atoms with Crippen LogP contribution in [-0.4, -0.2) is 29.0 Å². The van der Waals surface area contributed by atoms with Gasteiger partial charge in [-0.15, -0.1) is 0 Å². The number of aromatic nitrogens is 2. The summed E-state index contributed by atoms with van der Waals surface area (Å²) < 4.78 is 12.1. The van der Waals surface area contributed by atoms with E-state index < -0.39 is 0 Å². The van der Waals surface area contributed by atoms with Crippen LogP contribution in [0.5, 0.6) is 0 Å². The van der Waals surface area contributed by atoms with E-state index in [1.165, 1.54) is 0 Å². The summed E-state index contributed by atoms with van der Waals surface area (Å²) >= 11 is 0. The SMILES string of the molecule is CCO/C=C/c1nn(C)c(Cc2ccccc2)c1C(=O)OCC. The maximum Gasteiger partial charge on any atom is 0.342 e. The Labute approximate surface area is 136 Å². The summed E-state index contributed by atoms with van der Waals surface area (Å²) in [7, 11) is 1.83. The van der Waals surface area contributed by atoms with Gasteiger partial charge in [0.15, 0.2) is 0 Å². The molecule has 0 aliphatic rings. The van der Waals surface area contributed by atoms with Crippen molar-refractivity contribution in [1.82, 2.24) is 9.78 Å². The standard InChI is InChI=1S/C18H22N2O3/c1-4-22-12-11-15-17(18(21)23-5-2)16(20(3)19-15)13-14-9-7-6-8-10-14/h6-12H,4-5,13H2,1-3H3/b12-11+. The molecule has 0 unspecified atom stereocenters. The zero-order chi connectivity index (χ0) is 16.7. The van der Waals surface area contributed by atoms with Gasteiger partial charge in [0, 0.05) is 19.5 Å². The van der Waals surface area contributed by atoms with Crippen LogP contribution in [0.1, 0.15) is 41.2 Å². The van der Waals surface area contributed by atoms with E-state index in [9.17, 15) is 4.79 Å². The summed E-state index contributed by atoms with van der Waals surface area (Å²) in [5.74, 6) is -0.359. The first kappa shape index (κ1) is 16.8. The normalized spacial score (nSPS) is 10.9. The Morgan fingerprint density at radius 1 is 1.22 bits per heavy atom. The highest BCUT2D eigenvalue weighted by Crippen LogP contribution is 2.20. The fourth-order valence-electron chi connectivity index (χ4n) is 2.32. The van der Waals surface area contributed by atoms with Crippen molar-refractivity contribution in [2.75, 3.05) is 13.2 Å². The van der Waals surface area contributed by atoms with Gasteiger partial charge in [-0.3, -0.25) is 4.68 Å². The van der Waals surface area contributed by atoms with E-state index in [0.717, 1.165) is 11.3 Å². The van der Waals surface area contributed by atoms with Gasteiger partial charge in [0.25, 0.3) is 0 Å². The first-order valence-corrected chi connectivity index (χ1v) is 7.72. The number of esters is 1. The van der Waals surface area contributed by atoms with E-state index in [1.807, 2.05) is 44.3 Å². The molecule has 0 saturated carbocycles. The first-order valence-electron chi connectivity index (χ1n) is 7.72. The number of hydrogen-bond acceptors (Lipinski definition) is 4. The van der Waals surface area contributed by atoms with Gasteiger partial charge < -0.3 is 9.47 Å². The van der Waals surface area contributed by atoms with Gasteiger partial charge in [-0.1, -0.05) is 30.3 Å². The van der Waals surface area contributed by atoms with E-state index in [-0.39, 0.29) is 5.97 Å². The molecule has 0 aliphatic carbocycles. The number of ether oxygens (including phenoxy) is 2. The summed E-state index contributed by atoms with van der Waals surface area (Å²) in [6.45, 7) is 4.58. The van der Waals surface area contributed by atoms with Crippen LogP contribution >= 0.6 is 0 Å². The molecule has 0 atom stereocenters. The minimum Gasteiger partial charge on any atom is -0.501 e. The molecule has 0 amide bonds. The fraction of sp³-hybridized carbons (Fsp3) is 0.333. The third kappa shape index (κ3) is 4.22. The number of aryl methyl sites for hydroxylation is 1. The topological polar surface area (TPSA) is 53.4 Å². The Hall–Kier alpha value is -2.56. The minimum absolute atomic E-state index is 0.327. The number of nitrogens with zero attached hydrogens (tertiary/aromatic N) is 2. The first-order chi connectivity index (χ1) is 11.2. The van der Waals surface area contributed by atoms with Crippen molar-refractivity contribution >= 4 is 12.0 Å². The lowest BCUT2D eigenvalue weighted by Crippen LogP contribution is -2.10. The highest BCUT2D eigenvalue weighted by molar-refractivity contribution is 5.94. The molecular formula is C18H22N2O3. The highest BCUT2D eigenvalue weighted by Gasteiger charge is 2.22. The van der Waals surface area contributed by atoms with Crippen molar-refractivity contribution < 1.29 is 14.3 Å². The van der Waals surface area contributed by atoms with E-state index in [2.05, 4.69) is 5.10 Å². The zero-order valence-corrected chi connectivity index (χ0v) is 13.8. The monoisotopic (exact) mass is 314 g/mol. The molecular weight excluding hydrogens is 292 g/mol. The van der Waals surface area contributed by atoms with Crippen LogP contribution in [0.3, 0.4) is 0 Å². The maximum absolute atomic E-state index is 12.4. The Balaban J connectivity index is 2.41. The van der Waals surface area contributed by atoms with Crippen LogP contribution in [-0.2, 0) is 22.9 Å². The average molecular weight is 314 g/mol. The summed E-state index contributed by atoms with van der Waals surface area (Å²) in [4.78, 5) is 12.4. The lowest BCUT2D eigenvalue weighted by atomic mass is 10.0. The van der Waals surface area contributed by atoms with Crippen LogP contribution in [0.4, 0.5) is 0 Å². The molecule has 0 radical (unpaired) electrons. The summed E-state index contributed by atoms with van der Waals surface area (Å²) in [5.41, 5.74) is 2.99. The molecule has 5 nitrogen and oxygen atoms in total. The Kier molecular flexibility index (Phi) is 5.97. The lowest BCUT2D eigenvalue weighted by Gasteiger charge is -2.06. The molecule has 1 heterocycles. The molecule has 0 fully saturated rings. The predicted molar refractivity (Wildman–Crippen MR) is 89.1 cm³/mol.